The number of benzene rings is 1. The van der Waals surface area contributed by atoms with Crippen molar-refractivity contribution in [3.05, 3.63) is 62.7 Å². The monoisotopic (exact) mass is 341 g/mol. The molecule has 0 saturated carbocycles. The Morgan fingerprint density at radius 3 is 2.80 bits per heavy atom. The lowest BCUT2D eigenvalue weighted by molar-refractivity contribution is 0.0951. The molecule has 0 unspecified atom stereocenters. The minimum Gasteiger partial charge on any atom is -0.351 e. The summed E-state index contributed by atoms with van der Waals surface area (Å²) in [6.07, 6.45) is 1.77. The molecule has 0 aliphatic heterocycles. The zero-order valence-corrected chi connectivity index (χ0v) is 14.1. The maximum atomic E-state index is 12.2. The first-order chi connectivity index (χ1) is 12.0. The van der Waals surface area contributed by atoms with Crippen LogP contribution in [-0.4, -0.2) is 31.6 Å². The lowest BCUT2D eigenvalue weighted by Crippen LogP contribution is -2.36. The van der Waals surface area contributed by atoms with Crippen LogP contribution >= 0.6 is 0 Å². The largest absolute Gasteiger partial charge is 0.351 e. The zero-order chi connectivity index (χ0) is 18.0. The van der Waals surface area contributed by atoms with Gasteiger partial charge in [-0.1, -0.05) is 12.1 Å². The van der Waals surface area contributed by atoms with Crippen LogP contribution in [0.5, 0.6) is 0 Å². The number of carbonyl (C=O) groups is 1. The molecule has 0 radical (unpaired) electrons. The SMILES string of the molecule is CCn1c(CCNC(=O)c2cn(C)c(=O)[nH]c2=O)nc2ccccc21. The second kappa shape index (κ2) is 6.76. The fraction of sp³-hybridized carbons (Fsp3) is 0.294. The summed E-state index contributed by atoms with van der Waals surface area (Å²) in [5.41, 5.74) is 0.631. The van der Waals surface area contributed by atoms with Crippen molar-refractivity contribution in [3.8, 4) is 0 Å². The Kier molecular flexibility index (Phi) is 4.51. The van der Waals surface area contributed by atoms with E-state index in [1.807, 2.05) is 31.2 Å². The number of aromatic nitrogens is 4. The first kappa shape index (κ1) is 16.7. The molecule has 0 spiro atoms. The van der Waals surface area contributed by atoms with E-state index in [-0.39, 0.29) is 5.56 Å². The van der Waals surface area contributed by atoms with E-state index < -0.39 is 17.2 Å². The van der Waals surface area contributed by atoms with Crippen molar-refractivity contribution in [3.63, 3.8) is 0 Å². The summed E-state index contributed by atoms with van der Waals surface area (Å²) in [7, 11) is 1.47. The quantitative estimate of drug-likeness (QED) is 0.702. The molecule has 8 heteroatoms. The minimum absolute atomic E-state index is 0.0916. The van der Waals surface area contributed by atoms with E-state index in [9.17, 15) is 14.4 Å². The van der Waals surface area contributed by atoms with Crippen LogP contribution in [0.4, 0.5) is 0 Å². The highest BCUT2D eigenvalue weighted by molar-refractivity contribution is 5.93. The first-order valence-corrected chi connectivity index (χ1v) is 8.03. The van der Waals surface area contributed by atoms with Crippen molar-refractivity contribution in [2.45, 2.75) is 19.9 Å². The van der Waals surface area contributed by atoms with Crippen LogP contribution in [-0.2, 0) is 20.0 Å². The highest BCUT2D eigenvalue weighted by Crippen LogP contribution is 2.15. The molecule has 0 fully saturated rings. The van der Waals surface area contributed by atoms with Gasteiger partial charge in [0.25, 0.3) is 11.5 Å². The van der Waals surface area contributed by atoms with Crippen LogP contribution < -0.4 is 16.6 Å². The number of imidazole rings is 1. The van der Waals surface area contributed by atoms with E-state index in [0.717, 1.165) is 28.0 Å². The molecule has 2 N–H and O–H groups in total. The third-order valence-corrected chi connectivity index (χ3v) is 4.04. The number of H-pyrrole nitrogens is 1. The van der Waals surface area contributed by atoms with Crippen LogP contribution in [0.15, 0.2) is 40.1 Å². The Morgan fingerprint density at radius 1 is 1.28 bits per heavy atom. The number of aryl methyl sites for hydroxylation is 2. The van der Waals surface area contributed by atoms with Gasteiger partial charge in [0.2, 0.25) is 0 Å². The molecule has 0 atom stereocenters. The molecule has 0 saturated heterocycles. The second-order valence-corrected chi connectivity index (χ2v) is 5.68. The van der Waals surface area contributed by atoms with Gasteiger partial charge in [-0.25, -0.2) is 9.78 Å². The Balaban J connectivity index is 1.73. The van der Waals surface area contributed by atoms with Gasteiger partial charge in [-0.3, -0.25) is 14.6 Å². The number of hydrogen-bond donors (Lipinski definition) is 2. The molecule has 130 valence electrons. The fourth-order valence-electron chi connectivity index (χ4n) is 2.78. The van der Waals surface area contributed by atoms with E-state index in [1.54, 1.807) is 0 Å². The lowest BCUT2D eigenvalue weighted by atomic mass is 10.3. The van der Waals surface area contributed by atoms with Gasteiger partial charge in [-0.15, -0.1) is 0 Å². The van der Waals surface area contributed by atoms with Crippen molar-refractivity contribution < 1.29 is 4.79 Å². The smallest absolute Gasteiger partial charge is 0.328 e. The fourth-order valence-corrected chi connectivity index (χ4v) is 2.78. The summed E-state index contributed by atoms with van der Waals surface area (Å²) in [6.45, 7) is 3.16. The molecule has 25 heavy (non-hydrogen) atoms. The zero-order valence-electron chi connectivity index (χ0n) is 14.1. The van der Waals surface area contributed by atoms with Crippen molar-refractivity contribution in [1.29, 1.82) is 0 Å². The van der Waals surface area contributed by atoms with E-state index in [2.05, 4.69) is 19.9 Å². The standard InChI is InChI=1S/C17H19N5O3/c1-3-22-13-7-5-4-6-12(13)19-14(22)8-9-18-15(23)11-10-21(2)17(25)20-16(11)24/h4-7,10H,3,8-9H2,1-2H3,(H,18,23)(H,20,24,25). The first-order valence-electron chi connectivity index (χ1n) is 8.03. The minimum atomic E-state index is -0.693. The third kappa shape index (κ3) is 3.23. The Bertz CT molecular complexity index is 1040. The van der Waals surface area contributed by atoms with Crippen molar-refractivity contribution in [2.75, 3.05) is 6.54 Å². The summed E-state index contributed by atoms with van der Waals surface area (Å²) in [6, 6.07) is 7.87. The molecule has 3 aromatic rings. The average molecular weight is 341 g/mol. The third-order valence-electron chi connectivity index (χ3n) is 4.04. The molecule has 0 aliphatic rings. The molecule has 1 aromatic carbocycles. The van der Waals surface area contributed by atoms with Crippen LogP contribution in [0.1, 0.15) is 23.1 Å². The number of hydrogen-bond acceptors (Lipinski definition) is 4. The predicted octanol–water partition coefficient (Wildman–Crippen LogP) is 0.416. The number of carbonyl (C=O) groups excluding carboxylic acids is 1. The normalized spacial score (nSPS) is 11.0. The van der Waals surface area contributed by atoms with Crippen LogP contribution in [0.2, 0.25) is 0 Å². The van der Waals surface area contributed by atoms with Gasteiger partial charge in [-0.2, -0.15) is 0 Å². The molecule has 8 nitrogen and oxygen atoms in total. The Hall–Kier alpha value is -3.16. The Morgan fingerprint density at radius 2 is 2.04 bits per heavy atom. The molecule has 2 aromatic heterocycles. The molecule has 0 aliphatic carbocycles. The number of aromatic amines is 1. The number of nitrogens with one attached hydrogen (secondary N) is 2. The van der Waals surface area contributed by atoms with Gasteiger partial charge < -0.3 is 14.5 Å². The summed E-state index contributed by atoms with van der Waals surface area (Å²) >= 11 is 0. The number of amides is 1. The van der Waals surface area contributed by atoms with Crippen LogP contribution in [0, 0.1) is 0 Å². The predicted molar refractivity (Wildman–Crippen MR) is 93.7 cm³/mol. The highest BCUT2D eigenvalue weighted by Gasteiger charge is 2.13. The van der Waals surface area contributed by atoms with Crippen molar-refractivity contribution >= 4 is 16.9 Å². The molecular weight excluding hydrogens is 322 g/mol. The van der Waals surface area contributed by atoms with E-state index in [1.165, 1.54) is 13.2 Å². The summed E-state index contributed by atoms with van der Waals surface area (Å²) in [5.74, 6) is 0.356. The van der Waals surface area contributed by atoms with E-state index in [0.29, 0.717) is 13.0 Å². The van der Waals surface area contributed by atoms with E-state index >= 15 is 0 Å². The van der Waals surface area contributed by atoms with Gasteiger partial charge in [0, 0.05) is 32.8 Å². The summed E-state index contributed by atoms with van der Waals surface area (Å²) in [4.78, 5) is 41.9. The summed E-state index contributed by atoms with van der Waals surface area (Å²) < 4.78 is 3.26. The van der Waals surface area contributed by atoms with Gasteiger partial charge in [0.1, 0.15) is 11.4 Å². The van der Waals surface area contributed by atoms with E-state index in [4.69, 9.17) is 0 Å². The topological polar surface area (TPSA) is 102 Å². The molecule has 3 rings (SSSR count). The van der Waals surface area contributed by atoms with Gasteiger partial charge in [0.15, 0.2) is 0 Å². The van der Waals surface area contributed by atoms with Crippen LogP contribution in [0.3, 0.4) is 0 Å². The maximum Gasteiger partial charge on any atom is 0.328 e. The van der Waals surface area contributed by atoms with Gasteiger partial charge in [-0.05, 0) is 19.1 Å². The number of fused-ring (bicyclic) bond motifs is 1. The number of rotatable bonds is 5. The maximum absolute atomic E-state index is 12.2. The van der Waals surface area contributed by atoms with Gasteiger partial charge in [0.05, 0.1) is 11.0 Å². The lowest BCUT2D eigenvalue weighted by Gasteiger charge is -2.07. The second-order valence-electron chi connectivity index (χ2n) is 5.68. The molecule has 1 amide bonds. The van der Waals surface area contributed by atoms with Crippen molar-refractivity contribution in [2.24, 2.45) is 7.05 Å². The Labute approximate surface area is 143 Å². The molecule has 0 bridgehead atoms. The van der Waals surface area contributed by atoms with Crippen molar-refractivity contribution in [1.82, 2.24) is 24.4 Å². The van der Waals surface area contributed by atoms with Crippen LogP contribution in [0.25, 0.3) is 11.0 Å². The average Bonchev–Trinajstić information content (AvgIpc) is 2.95. The number of nitrogens with zero attached hydrogens (tertiary/aromatic N) is 3. The number of para-hydroxylation sites is 2. The van der Waals surface area contributed by atoms with Gasteiger partial charge >= 0.3 is 5.69 Å². The highest BCUT2D eigenvalue weighted by atomic mass is 16.2. The molecule has 2 heterocycles. The molecular formula is C17H19N5O3. The summed E-state index contributed by atoms with van der Waals surface area (Å²) in [5, 5.41) is 2.70.